The van der Waals surface area contributed by atoms with E-state index in [1.54, 1.807) is 30.3 Å². The van der Waals surface area contributed by atoms with Crippen LogP contribution in [-0.2, 0) is 17.8 Å². The summed E-state index contributed by atoms with van der Waals surface area (Å²) in [5, 5.41) is 3.24. The minimum absolute atomic E-state index is 0.0578. The molecule has 0 heterocycles. The van der Waals surface area contributed by atoms with Crippen LogP contribution in [0.1, 0.15) is 63.1 Å². The molecule has 0 bridgehead atoms. The van der Waals surface area contributed by atoms with Crippen LogP contribution < -0.4 is 5.32 Å². The molecule has 188 valence electrons. The molecule has 0 saturated heterocycles. The lowest BCUT2D eigenvalue weighted by molar-refractivity contribution is 0.0469. The minimum atomic E-state index is -0.397. The molecule has 0 spiro atoms. The number of likely N-dealkylation sites (N-methyl/N-ethyl adjacent to an activating group) is 1. The quantitative estimate of drug-likeness (QED) is 0.425. The molecule has 0 atom stereocenters. The van der Waals surface area contributed by atoms with Crippen molar-refractivity contribution in [3.05, 3.63) is 107 Å². The van der Waals surface area contributed by atoms with Crippen molar-refractivity contribution in [2.75, 3.05) is 14.1 Å². The second-order valence-corrected chi connectivity index (χ2v) is 10.1. The van der Waals surface area contributed by atoms with Gasteiger partial charge in [-0.1, -0.05) is 66.2 Å². The van der Waals surface area contributed by atoms with Gasteiger partial charge in [-0.2, -0.15) is 0 Å². The molecule has 5 nitrogen and oxygen atoms in total. The van der Waals surface area contributed by atoms with Crippen LogP contribution >= 0.6 is 0 Å². The van der Waals surface area contributed by atoms with Crippen LogP contribution in [0, 0.1) is 6.92 Å². The molecule has 3 aromatic carbocycles. The van der Waals surface area contributed by atoms with Crippen LogP contribution in [0.2, 0.25) is 0 Å². The van der Waals surface area contributed by atoms with Crippen LogP contribution in [0.5, 0.6) is 0 Å². The summed E-state index contributed by atoms with van der Waals surface area (Å²) in [6.45, 7) is 2.17. The Hall–Kier alpha value is -3.44. The number of nitrogens with zero attached hydrogens (tertiary/aromatic N) is 1. The fraction of sp³-hybridized carbons (Fsp3) is 0.355. The molecule has 0 aliphatic heterocycles. The number of nitrogens with one attached hydrogen (secondary N) is 1. The Morgan fingerprint density at radius 3 is 2.22 bits per heavy atom. The molecule has 1 saturated carbocycles. The van der Waals surface area contributed by atoms with E-state index < -0.39 is 5.97 Å². The van der Waals surface area contributed by atoms with Gasteiger partial charge in [-0.3, -0.25) is 4.79 Å². The molecule has 36 heavy (non-hydrogen) atoms. The van der Waals surface area contributed by atoms with Gasteiger partial charge in [0.15, 0.2) is 0 Å². The van der Waals surface area contributed by atoms with Crippen molar-refractivity contribution in [3.63, 3.8) is 0 Å². The van der Waals surface area contributed by atoms with Crippen molar-refractivity contribution in [2.24, 2.45) is 0 Å². The topological polar surface area (TPSA) is 58.6 Å². The van der Waals surface area contributed by atoms with Gasteiger partial charge in [-0.15, -0.1) is 0 Å². The summed E-state index contributed by atoms with van der Waals surface area (Å²) >= 11 is 0. The van der Waals surface area contributed by atoms with E-state index in [2.05, 4.69) is 55.5 Å². The predicted molar refractivity (Wildman–Crippen MR) is 143 cm³/mol. The van der Waals surface area contributed by atoms with Gasteiger partial charge in [-0.05, 0) is 76.9 Å². The highest BCUT2D eigenvalue weighted by Crippen LogP contribution is 2.35. The lowest BCUT2D eigenvalue weighted by Gasteiger charge is -2.45. The summed E-state index contributed by atoms with van der Waals surface area (Å²) in [5.41, 5.74) is 4.49. The summed E-state index contributed by atoms with van der Waals surface area (Å²) in [5.74, 6) is -0.506. The van der Waals surface area contributed by atoms with Crippen LogP contribution in [0.15, 0.2) is 78.9 Å². The molecule has 0 aromatic heterocycles. The maximum atomic E-state index is 13.2. The zero-order valence-electron chi connectivity index (χ0n) is 21.5. The monoisotopic (exact) mass is 484 g/mol. The van der Waals surface area contributed by atoms with Crippen molar-refractivity contribution >= 4 is 11.9 Å². The number of carbonyl (C=O) groups is 2. The van der Waals surface area contributed by atoms with Crippen molar-refractivity contribution in [1.82, 2.24) is 10.2 Å². The Balaban J connectivity index is 1.36. The Bertz CT molecular complexity index is 1160. The van der Waals surface area contributed by atoms with E-state index in [0.717, 1.165) is 32.1 Å². The number of esters is 1. The lowest BCUT2D eigenvalue weighted by Crippen LogP contribution is -2.52. The highest BCUT2D eigenvalue weighted by Gasteiger charge is 2.37. The SMILES string of the molecule is Cc1ccc(CC2(N(C)C)CCC(NC(=O)c3ccccc3COC(=O)c3ccccc3)CC2)cc1. The molecular formula is C31H36N2O3. The van der Waals surface area contributed by atoms with E-state index in [4.69, 9.17) is 4.74 Å². The number of benzene rings is 3. The molecule has 0 unspecified atom stereocenters. The van der Waals surface area contributed by atoms with Crippen LogP contribution in [0.4, 0.5) is 0 Å². The maximum Gasteiger partial charge on any atom is 0.338 e. The van der Waals surface area contributed by atoms with Crippen molar-refractivity contribution in [3.8, 4) is 0 Å². The van der Waals surface area contributed by atoms with Crippen LogP contribution in [0.3, 0.4) is 0 Å². The Kier molecular flexibility index (Phi) is 8.21. The van der Waals surface area contributed by atoms with Gasteiger partial charge in [0.1, 0.15) is 6.61 Å². The Morgan fingerprint density at radius 1 is 0.917 bits per heavy atom. The largest absolute Gasteiger partial charge is 0.457 e. The first kappa shape index (κ1) is 25.6. The maximum absolute atomic E-state index is 13.2. The highest BCUT2D eigenvalue weighted by atomic mass is 16.5. The third kappa shape index (κ3) is 6.21. The minimum Gasteiger partial charge on any atom is -0.457 e. The average Bonchev–Trinajstić information content (AvgIpc) is 2.90. The summed E-state index contributed by atoms with van der Waals surface area (Å²) in [7, 11) is 4.33. The Labute approximate surface area is 214 Å². The smallest absolute Gasteiger partial charge is 0.338 e. The second-order valence-electron chi connectivity index (χ2n) is 10.1. The van der Waals surface area contributed by atoms with Crippen molar-refractivity contribution in [1.29, 1.82) is 0 Å². The molecule has 1 aliphatic carbocycles. The normalized spacial score (nSPS) is 19.6. The number of hydrogen-bond donors (Lipinski definition) is 1. The zero-order valence-corrected chi connectivity index (χ0v) is 21.5. The zero-order chi connectivity index (χ0) is 25.5. The fourth-order valence-electron chi connectivity index (χ4n) is 5.10. The third-order valence-corrected chi connectivity index (χ3v) is 7.48. The predicted octanol–water partition coefficient (Wildman–Crippen LogP) is 5.57. The number of hydrogen-bond acceptors (Lipinski definition) is 4. The summed E-state index contributed by atoms with van der Waals surface area (Å²) < 4.78 is 5.49. The molecule has 3 aromatic rings. The molecule has 1 amide bonds. The number of ether oxygens (including phenoxy) is 1. The summed E-state index contributed by atoms with van der Waals surface area (Å²) in [4.78, 5) is 27.9. The molecule has 5 heteroatoms. The number of aryl methyl sites for hydroxylation is 1. The molecule has 1 fully saturated rings. The first-order valence-electron chi connectivity index (χ1n) is 12.7. The third-order valence-electron chi connectivity index (χ3n) is 7.48. The van der Waals surface area contributed by atoms with Gasteiger partial charge in [0.2, 0.25) is 0 Å². The van der Waals surface area contributed by atoms with Gasteiger partial charge in [0, 0.05) is 22.7 Å². The van der Waals surface area contributed by atoms with E-state index in [-0.39, 0.29) is 24.1 Å². The highest BCUT2D eigenvalue weighted by molar-refractivity contribution is 5.96. The molecule has 4 rings (SSSR count). The van der Waals surface area contributed by atoms with Crippen molar-refractivity contribution < 1.29 is 14.3 Å². The Morgan fingerprint density at radius 2 is 1.56 bits per heavy atom. The molecule has 1 aliphatic rings. The van der Waals surface area contributed by atoms with E-state index in [9.17, 15) is 9.59 Å². The van der Waals surface area contributed by atoms with E-state index in [1.165, 1.54) is 11.1 Å². The van der Waals surface area contributed by atoms with E-state index >= 15 is 0 Å². The number of rotatable bonds is 8. The van der Waals surface area contributed by atoms with E-state index in [1.807, 2.05) is 24.3 Å². The summed E-state index contributed by atoms with van der Waals surface area (Å²) in [6.07, 6.45) is 4.92. The first-order valence-corrected chi connectivity index (χ1v) is 12.7. The van der Waals surface area contributed by atoms with Gasteiger partial charge >= 0.3 is 5.97 Å². The van der Waals surface area contributed by atoms with Gasteiger partial charge in [0.05, 0.1) is 5.56 Å². The first-order chi connectivity index (χ1) is 17.4. The van der Waals surface area contributed by atoms with Gasteiger partial charge in [-0.25, -0.2) is 4.79 Å². The van der Waals surface area contributed by atoms with Crippen LogP contribution in [-0.4, -0.2) is 42.5 Å². The molecule has 1 N–H and O–H groups in total. The van der Waals surface area contributed by atoms with E-state index in [0.29, 0.717) is 16.7 Å². The standard InChI is InChI=1S/C31H36N2O3/c1-23-13-15-24(16-14-23)21-31(33(2)3)19-17-27(18-20-31)32-29(34)28-12-8-7-11-26(28)22-36-30(35)25-9-5-4-6-10-25/h4-16,27H,17-22H2,1-3H3,(H,32,34). The van der Waals surface area contributed by atoms with Crippen LogP contribution in [0.25, 0.3) is 0 Å². The molecular weight excluding hydrogens is 448 g/mol. The van der Waals surface area contributed by atoms with Crippen molar-refractivity contribution in [2.45, 2.75) is 57.2 Å². The number of amides is 1. The average molecular weight is 485 g/mol. The van der Waals surface area contributed by atoms with Gasteiger partial charge < -0.3 is 15.0 Å². The lowest BCUT2D eigenvalue weighted by atomic mass is 9.74. The summed E-state index contributed by atoms with van der Waals surface area (Å²) in [6, 6.07) is 25.2. The molecule has 0 radical (unpaired) electrons. The van der Waals surface area contributed by atoms with Gasteiger partial charge in [0.25, 0.3) is 5.91 Å². The fourth-order valence-corrected chi connectivity index (χ4v) is 5.10. The number of carbonyl (C=O) groups excluding carboxylic acids is 2. The second kappa shape index (κ2) is 11.5.